The van der Waals surface area contributed by atoms with Gasteiger partial charge in [-0.2, -0.15) is 23.1 Å². The Morgan fingerprint density at radius 1 is 1.23 bits per heavy atom. The lowest BCUT2D eigenvalue weighted by Gasteiger charge is -2.19. The standard InChI is InChI=1S/C7H21O2PS3/c1-4-11-7-12-10(8,9)13(5-2)6-3/h8-9H,4-7,12H2,1-3H3. The second-order valence-electron chi connectivity index (χ2n) is 2.38. The Kier molecular flexibility index (Phi) is 8.49. The van der Waals surface area contributed by atoms with Crippen LogP contribution in [0.4, 0.5) is 0 Å². The highest BCUT2D eigenvalue weighted by molar-refractivity contribution is 8.73. The molecule has 0 aromatic rings. The monoisotopic (exact) mass is 264 g/mol. The lowest BCUT2D eigenvalue weighted by atomic mass is 11.0. The minimum absolute atomic E-state index is 0.131. The van der Waals surface area contributed by atoms with Crippen molar-refractivity contribution in [2.75, 3.05) is 22.3 Å². The van der Waals surface area contributed by atoms with Gasteiger partial charge >= 0.3 is 0 Å². The molecule has 0 rings (SSSR count). The number of hydrogen-bond donors (Lipinski definition) is 2. The summed E-state index contributed by atoms with van der Waals surface area (Å²) in [6, 6.07) is 0. The summed E-state index contributed by atoms with van der Waals surface area (Å²) in [6.07, 6.45) is 0. The predicted molar refractivity (Wildman–Crippen MR) is 73.2 cm³/mol. The first kappa shape index (κ1) is 14.4. The average molecular weight is 264 g/mol. The third-order valence-corrected chi connectivity index (χ3v) is 15.4. The molecule has 0 aliphatic carbocycles. The Labute approximate surface area is 91.7 Å². The van der Waals surface area contributed by atoms with E-state index in [9.17, 15) is 9.79 Å². The Morgan fingerprint density at radius 2 is 1.77 bits per heavy atom. The minimum Gasteiger partial charge on any atom is -0.343 e. The molecule has 2 nitrogen and oxygen atoms in total. The van der Waals surface area contributed by atoms with Crippen LogP contribution in [0.3, 0.4) is 0 Å². The first-order valence-corrected chi connectivity index (χ1v) is 11.5. The van der Waals surface area contributed by atoms with E-state index in [1.165, 1.54) is 0 Å². The number of thioether (sulfide) groups is 1. The topological polar surface area (TPSA) is 40.5 Å². The van der Waals surface area contributed by atoms with Crippen molar-refractivity contribution in [3.63, 3.8) is 0 Å². The molecule has 6 heteroatoms. The van der Waals surface area contributed by atoms with E-state index >= 15 is 0 Å². The van der Waals surface area contributed by atoms with E-state index in [0.29, 0.717) is 11.4 Å². The van der Waals surface area contributed by atoms with E-state index in [1.54, 1.807) is 11.8 Å². The molecule has 0 fully saturated rings. The van der Waals surface area contributed by atoms with Crippen LogP contribution >= 0.6 is 28.8 Å². The molecule has 0 aromatic carbocycles. The fourth-order valence-electron chi connectivity index (χ4n) is 0.887. The van der Waals surface area contributed by atoms with E-state index in [-0.39, 0.29) is 10.1 Å². The summed E-state index contributed by atoms with van der Waals surface area (Å²) in [6.45, 7) is 6.19. The van der Waals surface area contributed by atoms with Gasteiger partial charge in [-0.05, 0) is 17.3 Å². The first-order chi connectivity index (χ1) is 6.08. The van der Waals surface area contributed by atoms with Crippen LogP contribution < -0.4 is 0 Å². The molecular weight excluding hydrogens is 243 g/mol. The molecule has 0 bridgehead atoms. The molecule has 0 amide bonds. The molecule has 0 spiro atoms. The third kappa shape index (κ3) is 5.75. The lowest BCUT2D eigenvalue weighted by Crippen LogP contribution is -1.98. The van der Waals surface area contributed by atoms with Crippen LogP contribution in [-0.4, -0.2) is 32.1 Å². The van der Waals surface area contributed by atoms with Crippen LogP contribution in [-0.2, 0) is 10.1 Å². The summed E-state index contributed by atoms with van der Waals surface area (Å²) in [5.74, 6) is 2.90. The number of hydrogen-bond acceptors (Lipinski definition) is 1. The van der Waals surface area contributed by atoms with E-state index in [2.05, 4.69) is 6.92 Å². The molecule has 0 aliphatic heterocycles. The molecule has 0 atom stereocenters. The zero-order valence-electron chi connectivity index (χ0n) is 8.49. The van der Waals surface area contributed by atoms with Gasteiger partial charge in [0.05, 0.1) is 0 Å². The summed E-state index contributed by atoms with van der Waals surface area (Å²) >= 11 is 2.16. The van der Waals surface area contributed by atoms with E-state index in [1.807, 2.05) is 13.8 Å². The van der Waals surface area contributed by atoms with Crippen LogP contribution in [0.25, 0.3) is 0 Å². The SMILES string of the molecule is CCSC[SH2]P(O)(O)=S(CC)CC. The molecule has 0 heterocycles. The Morgan fingerprint density at radius 3 is 2.15 bits per heavy atom. The minimum atomic E-state index is -2.55. The Bertz CT molecular complexity index is 184. The number of rotatable bonds is 6. The zero-order valence-corrected chi connectivity index (χ0v) is 12.0. The van der Waals surface area contributed by atoms with Crippen LogP contribution in [0.5, 0.6) is 0 Å². The van der Waals surface area contributed by atoms with Gasteiger partial charge in [0.25, 0.3) is 0 Å². The zero-order chi connectivity index (χ0) is 10.3. The van der Waals surface area contributed by atoms with Crippen molar-refractivity contribution in [2.45, 2.75) is 20.8 Å². The molecule has 0 radical (unpaired) electrons. The summed E-state index contributed by atoms with van der Waals surface area (Å²) in [7, 11) is -0.131. The molecule has 0 saturated carbocycles. The predicted octanol–water partition coefficient (Wildman–Crippen LogP) is 2.22. The largest absolute Gasteiger partial charge is 0.343 e. The normalized spacial score (nSPS) is 14.0. The van der Waals surface area contributed by atoms with E-state index in [4.69, 9.17) is 0 Å². The molecule has 84 valence electrons. The van der Waals surface area contributed by atoms with Crippen molar-refractivity contribution in [3.8, 4) is 0 Å². The van der Waals surface area contributed by atoms with Gasteiger partial charge in [0, 0.05) is 5.08 Å². The maximum absolute atomic E-state index is 9.88. The molecule has 0 saturated heterocycles. The summed E-state index contributed by atoms with van der Waals surface area (Å²) in [5.41, 5.74) is -2.55. The van der Waals surface area contributed by atoms with Gasteiger partial charge in [-0.1, -0.05) is 20.8 Å². The Balaban J connectivity index is 4.24. The van der Waals surface area contributed by atoms with E-state index < -0.39 is 5.69 Å². The quantitative estimate of drug-likeness (QED) is 0.571. The summed E-state index contributed by atoms with van der Waals surface area (Å²) < 4.78 is 0. The third-order valence-electron chi connectivity index (χ3n) is 1.60. The van der Waals surface area contributed by atoms with Gasteiger partial charge in [-0.15, -0.1) is 10.1 Å². The second kappa shape index (κ2) is 7.66. The van der Waals surface area contributed by atoms with Crippen molar-refractivity contribution in [2.24, 2.45) is 0 Å². The second-order valence-corrected chi connectivity index (χ2v) is 14.9. The molecule has 0 unspecified atom stereocenters. The van der Waals surface area contributed by atoms with Gasteiger partial charge in [0.15, 0.2) is 5.69 Å². The van der Waals surface area contributed by atoms with Crippen LogP contribution in [0.2, 0.25) is 0 Å². The van der Waals surface area contributed by atoms with Crippen molar-refractivity contribution in [3.05, 3.63) is 0 Å². The van der Waals surface area contributed by atoms with Crippen molar-refractivity contribution < 1.29 is 9.79 Å². The van der Waals surface area contributed by atoms with Crippen molar-refractivity contribution in [1.29, 1.82) is 0 Å². The fourth-order valence-corrected chi connectivity index (χ4v) is 14.5. The van der Waals surface area contributed by atoms with Crippen molar-refractivity contribution in [1.82, 2.24) is 0 Å². The Hall–Kier alpha value is 1.40. The summed E-state index contributed by atoms with van der Waals surface area (Å²) in [5, 5.41) is 0.917. The lowest BCUT2D eigenvalue weighted by molar-refractivity contribution is 0.501. The van der Waals surface area contributed by atoms with Gasteiger partial charge < -0.3 is 9.79 Å². The smallest absolute Gasteiger partial charge is 0.180 e. The van der Waals surface area contributed by atoms with Gasteiger partial charge in [-0.3, -0.25) is 0 Å². The van der Waals surface area contributed by atoms with Gasteiger partial charge in [0.2, 0.25) is 0 Å². The van der Waals surface area contributed by atoms with E-state index in [0.717, 1.165) is 22.3 Å². The molecular formula is C7H21O2PS3. The maximum atomic E-state index is 9.88. The highest BCUT2D eigenvalue weighted by atomic mass is 32.9. The molecule has 0 aromatic heterocycles. The summed E-state index contributed by atoms with van der Waals surface area (Å²) in [4.78, 5) is 19.8. The van der Waals surface area contributed by atoms with Crippen LogP contribution in [0.1, 0.15) is 20.8 Å². The highest BCUT2D eigenvalue weighted by Gasteiger charge is 2.11. The maximum Gasteiger partial charge on any atom is 0.180 e. The van der Waals surface area contributed by atoms with Gasteiger partial charge in [-0.25, -0.2) is 0 Å². The van der Waals surface area contributed by atoms with Crippen LogP contribution in [0.15, 0.2) is 0 Å². The van der Waals surface area contributed by atoms with Gasteiger partial charge in [0.1, 0.15) is 0 Å². The van der Waals surface area contributed by atoms with Crippen LogP contribution in [0, 0.1) is 0 Å². The average Bonchev–Trinajstić information content (AvgIpc) is 2.06. The molecule has 0 aliphatic rings. The molecule has 2 N–H and O–H groups in total. The van der Waals surface area contributed by atoms with Crippen molar-refractivity contribution >= 4 is 38.9 Å². The highest BCUT2D eigenvalue weighted by Crippen LogP contribution is 2.56. The fraction of sp³-hybridized carbons (Fsp3) is 1.00. The first-order valence-electron chi connectivity index (χ1n) is 4.44. The molecule has 13 heavy (non-hydrogen) atoms.